The zero-order valence-electron chi connectivity index (χ0n) is 28.6. The van der Waals surface area contributed by atoms with E-state index in [1.165, 1.54) is 5.56 Å². The van der Waals surface area contributed by atoms with Crippen LogP contribution in [0.15, 0.2) is 94.0 Å². The Bertz CT molecular complexity index is 2130. The second kappa shape index (κ2) is 14.8. The van der Waals surface area contributed by atoms with Gasteiger partial charge in [-0.25, -0.2) is 9.97 Å². The Morgan fingerprint density at radius 2 is 1.67 bits per heavy atom. The van der Waals surface area contributed by atoms with Gasteiger partial charge in [0.15, 0.2) is 0 Å². The summed E-state index contributed by atoms with van der Waals surface area (Å²) in [6.07, 6.45) is 5.27. The summed E-state index contributed by atoms with van der Waals surface area (Å²) in [5, 5.41) is 21.0. The van der Waals surface area contributed by atoms with Crippen molar-refractivity contribution in [1.82, 2.24) is 29.9 Å². The molecule has 2 aliphatic rings. The maximum absolute atomic E-state index is 13.1. The Morgan fingerprint density at radius 1 is 0.863 bits per heavy atom. The Morgan fingerprint density at radius 3 is 2.45 bits per heavy atom. The highest BCUT2D eigenvalue weighted by Gasteiger charge is 2.23. The molecule has 14 nitrogen and oxygen atoms in total. The molecule has 0 spiro atoms. The van der Waals surface area contributed by atoms with E-state index in [0.717, 1.165) is 49.5 Å². The van der Waals surface area contributed by atoms with Crippen LogP contribution in [0.5, 0.6) is 0 Å². The number of carbonyl (C=O) groups excluding carboxylic acids is 2. The average Bonchev–Trinajstić information content (AvgIpc) is 3.81. The Kier molecular flexibility index (Phi) is 9.67. The molecule has 5 aromatic rings. The topological polar surface area (TPSA) is 166 Å². The van der Waals surface area contributed by atoms with E-state index in [2.05, 4.69) is 58.1 Å². The summed E-state index contributed by atoms with van der Waals surface area (Å²) in [6.45, 7) is 8.85. The molecular formula is C37H37N11O3. The number of amides is 2. The fourth-order valence-corrected chi connectivity index (χ4v) is 5.74. The Balaban J connectivity index is 0.979. The molecule has 0 atom stereocenters. The van der Waals surface area contributed by atoms with Crippen molar-refractivity contribution in [2.45, 2.75) is 26.8 Å². The van der Waals surface area contributed by atoms with Crippen LogP contribution in [0.1, 0.15) is 39.2 Å². The van der Waals surface area contributed by atoms with Gasteiger partial charge in [-0.1, -0.05) is 23.4 Å². The number of benzene rings is 2. The quantitative estimate of drug-likeness (QED) is 0.181. The van der Waals surface area contributed by atoms with Crippen LogP contribution < -0.4 is 16.0 Å². The third-order valence-corrected chi connectivity index (χ3v) is 8.74. The van der Waals surface area contributed by atoms with Crippen molar-refractivity contribution in [2.24, 2.45) is 10.2 Å². The first-order chi connectivity index (χ1) is 24.8. The van der Waals surface area contributed by atoms with Gasteiger partial charge in [-0.2, -0.15) is 5.10 Å². The fourth-order valence-electron chi connectivity index (χ4n) is 5.74. The molecule has 0 unspecified atom stereocenters. The lowest BCUT2D eigenvalue weighted by molar-refractivity contribution is -0.110. The number of anilines is 4. The highest BCUT2D eigenvalue weighted by molar-refractivity contribution is 6.47. The van der Waals surface area contributed by atoms with Crippen molar-refractivity contribution in [1.29, 1.82) is 0 Å². The molecule has 3 N–H and O–H groups in total. The fraction of sp³-hybridized carbons (Fsp3) is 0.243. The van der Waals surface area contributed by atoms with Crippen LogP contribution in [-0.2, 0) is 11.3 Å². The molecule has 0 saturated carbocycles. The molecule has 258 valence electrons. The largest absolute Gasteiger partial charge is 0.338 e. The number of nitrogens with one attached hydrogen (secondary N) is 3. The summed E-state index contributed by atoms with van der Waals surface area (Å²) in [7, 11) is 2.15. The first-order valence-electron chi connectivity index (χ1n) is 16.6. The van der Waals surface area contributed by atoms with Crippen molar-refractivity contribution in [2.75, 3.05) is 49.2 Å². The SMILES string of the molecule is Cc1cc(NC(=O)C2=NN=C(c3cncc(-c4ccnc(Nc5cc(NC(=O)c6ccc(CN7CCN(C)CC7)cc6)ccc5C)n4)c3)C2)on1. The predicted molar refractivity (Wildman–Crippen MR) is 195 cm³/mol. The Hall–Kier alpha value is -6.12. The van der Waals surface area contributed by atoms with Gasteiger partial charge in [-0.05, 0) is 68.4 Å². The molecule has 1 fully saturated rings. The molecule has 14 heteroatoms. The zero-order chi connectivity index (χ0) is 35.3. The lowest BCUT2D eigenvalue weighted by Crippen LogP contribution is -2.43. The van der Waals surface area contributed by atoms with E-state index in [-0.39, 0.29) is 23.9 Å². The lowest BCUT2D eigenvalue weighted by Gasteiger charge is -2.32. The molecule has 0 radical (unpaired) electrons. The van der Waals surface area contributed by atoms with Gasteiger partial charge in [0.05, 0.1) is 17.1 Å². The van der Waals surface area contributed by atoms with Gasteiger partial charge in [-0.3, -0.25) is 24.8 Å². The smallest absolute Gasteiger partial charge is 0.274 e. The van der Waals surface area contributed by atoms with E-state index in [4.69, 9.17) is 9.51 Å². The number of piperazine rings is 1. The summed E-state index contributed by atoms with van der Waals surface area (Å²) in [5.74, 6) is 0.0281. The lowest BCUT2D eigenvalue weighted by atomic mass is 10.0. The maximum atomic E-state index is 13.1. The van der Waals surface area contributed by atoms with Gasteiger partial charge in [0.1, 0.15) is 5.71 Å². The van der Waals surface area contributed by atoms with E-state index >= 15 is 0 Å². The van der Waals surface area contributed by atoms with Gasteiger partial charge in [-0.15, -0.1) is 5.10 Å². The van der Waals surface area contributed by atoms with Crippen molar-refractivity contribution in [3.05, 3.63) is 107 Å². The molecule has 51 heavy (non-hydrogen) atoms. The van der Waals surface area contributed by atoms with Gasteiger partial charge in [0.25, 0.3) is 11.8 Å². The standard InChI is InChI=1S/C37H37N11O3/c1-23-4-9-29(40-35(49)26-7-5-25(6-8-26)22-48-14-12-47(3)13-15-48)18-31(23)42-37-39-11-10-30(41-37)27-17-28(21-38-20-27)32-19-33(45-44-32)36(50)43-34-16-24(2)46-51-34/h4-11,16-18,20-21H,12-15,19,22H2,1-3H3,(H,40,49)(H,43,50)(H,39,41,42). The predicted octanol–water partition coefficient (Wildman–Crippen LogP) is 5.07. The van der Waals surface area contributed by atoms with Crippen LogP contribution in [-0.4, -0.2) is 86.4 Å². The van der Waals surface area contributed by atoms with Crippen molar-refractivity contribution < 1.29 is 14.1 Å². The van der Waals surface area contributed by atoms with E-state index in [1.807, 2.05) is 55.5 Å². The van der Waals surface area contributed by atoms with Crippen LogP contribution in [0.3, 0.4) is 0 Å². The number of aromatic nitrogens is 4. The zero-order valence-corrected chi connectivity index (χ0v) is 28.6. The molecule has 2 aliphatic heterocycles. The van der Waals surface area contributed by atoms with E-state index in [1.54, 1.807) is 37.6 Å². The van der Waals surface area contributed by atoms with E-state index in [9.17, 15) is 9.59 Å². The molecule has 0 aliphatic carbocycles. The molecule has 1 saturated heterocycles. The monoisotopic (exact) mass is 683 g/mol. The number of rotatable bonds is 10. The molecule has 7 rings (SSSR count). The van der Waals surface area contributed by atoms with Crippen LogP contribution in [0.4, 0.5) is 23.2 Å². The van der Waals surface area contributed by atoms with Gasteiger partial charge in [0.2, 0.25) is 11.8 Å². The number of hydrogen-bond donors (Lipinski definition) is 3. The summed E-state index contributed by atoms with van der Waals surface area (Å²) in [5.41, 5.74) is 7.74. The minimum absolute atomic E-state index is 0.184. The van der Waals surface area contributed by atoms with Gasteiger partial charge in [0, 0.05) is 91.9 Å². The molecule has 0 bridgehead atoms. The van der Waals surface area contributed by atoms with E-state index in [0.29, 0.717) is 39.9 Å². The van der Waals surface area contributed by atoms with Crippen LogP contribution in [0.25, 0.3) is 11.3 Å². The highest BCUT2D eigenvalue weighted by Crippen LogP contribution is 2.26. The number of likely N-dealkylation sites (N-methyl/N-ethyl adjacent to an activating group) is 1. The normalized spacial score (nSPS) is 14.9. The van der Waals surface area contributed by atoms with Crippen molar-refractivity contribution in [3.63, 3.8) is 0 Å². The number of nitrogens with zero attached hydrogens (tertiary/aromatic N) is 8. The third-order valence-electron chi connectivity index (χ3n) is 8.74. The first-order valence-corrected chi connectivity index (χ1v) is 16.6. The summed E-state index contributed by atoms with van der Waals surface area (Å²) < 4.78 is 5.07. The van der Waals surface area contributed by atoms with Crippen LogP contribution in [0, 0.1) is 13.8 Å². The minimum Gasteiger partial charge on any atom is -0.338 e. The maximum Gasteiger partial charge on any atom is 0.274 e. The number of aryl methyl sites for hydroxylation is 2. The van der Waals surface area contributed by atoms with Crippen molar-refractivity contribution in [3.8, 4) is 11.3 Å². The third kappa shape index (κ3) is 8.20. The Labute approximate surface area is 294 Å². The molecule has 2 aromatic carbocycles. The number of hydrogen-bond acceptors (Lipinski definition) is 12. The number of pyridine rings is 1. The molecule has 5 heterocycles. The molecular weight excluding hydrogens is 646 g/mol. The summed E-state index contributed by atoms with van der Waals surface area (Å²) >= 11 is 0. The second-order valence-corrected chi connectivity index (χ2v) is 12.7. The molecule has 3 aromatic heterocycles. The van der Waals surface area contributed by atoms with Crippen LogP contribution in [0.2, 0.25) is 0 Å². The number of carbonyl (C=O) groups is 2. The average molecular weight is 684 g/mol. The summed E-state index contributed by atoms with van der Waals surface area (Å²) in [6, 6.07) is 18.8. The minimum atomic E-state index is -0.412. The van der Waals surface area contributed by atoms with E-state index < -0.39 is 5.91 Å². The first kappa shape index (κ1) is 33.4. The molecule has 2 amide bonds. The summed E-state index contributed by atoms with van der Waals surface area (Å²) in [4.78, 5) is 44.1. The van der Waals surface area contributed by atoms with Crippen LogP contribution >= 0.6 is 0 Å². The van der Waals surface area contributed by atoms with Crippen molar-refractivity contribution >= 4 is 46.4 Å². The van der Waals surface area contributed by atoms with Gasteiger partial charge >= 0.3 is 0 Å². The highest BCUT2D eigenvalue weighted by atomic mass is 16.5. The van der Waals surface area contributed by atoms with Gasteiger partial charge < -0.3 is 20.1 Å². The second-order valence-electron chi connectivity index (χ2n) is 12.7.